The van der Waals surface area contributed by atoms with E-state index in [1.807, 2.05) is 37.3 Å². The van der Waals surface area contributed by atoms with Crippen LogP contribution in [0.4, 0.5) is 0 Å². The van der Waals surface area contributed by atoms with Crippen molar-refractivity contribution < 1.29 is 14.3 Å². The van der Waals surface area contributed by atoms with E-state index in [0.29, 0.717) is 4.88 Å². The monoisotopic (exact) mass is 407 g/mol. The van der Waals surface area contributed by atoms with Gasteiger partial charge in [-0.05, 0) is 55.5 Å². The molecular weight excluding hydrogens is 390 g/mol. The Hall–Kier alpha value is -1.66. The van der Waals surface area contributed by atoms with Gasteiger partial charge in [0.2, 0.25) is 0 Å². The second-order valence-electron chi connectivity index (χ2n) is 5.83. The van der Waals surface area contributed by atoms with Crippen LogP contribution in [-0.4, -0.2) is 18.5 Å². The quantitative estimate of drug-likeness (QED) is 0.760. The van der Waals surface area contributed by atoms with Crippen molar-refractivity contribution in [1.82, 2.24) is 5.32 Å². The molecule has 1 aromatic heterocycles. The third-order valence-electron chi connectivity index (χ3n) is 4.03. The molecule has 0 aliphatic heterocycles. The van der Waals surface area contributed by atoms with Crippen LogP contribution in [-0.2, 0) is 22.4 Å². The molecule has 0 fully saturated rings. The normalized spacial score (nSPS) is 14.1. The molecule has 1 aliphatic rings. The average Bonchev–Trinajstić information content (AvgIpc) is 3.14. The summed E-state index contributed by atoms with van der Waals surface area (Å²) in [5.41, 5.74) is 2.24. The van der Waals surface area contributed by atoms with Gasteiger partial charge in [0.25, 0.3) is 5.91 Å². The number of aryl methyl sites for hydroxylation is 2. The molecule has 0 radical (unpaired) electrons. The minimum atomic E-state index is -0.416. The van der Waals surface area contributed by atoms with Gasteiger partial charge in [-0.2, -0.15) is 0 Å². The van der Waals surface area contributed by atoms with Crippen molar-refractivity contribution in [2.75, 3.05) is 6.61 Å². The summed E-state index contributed by atoms with van der Waals surface area (Å²) in [7, 11) is 0. The number of fused-ring (bicyclic) bond motifs is 1. The molecule has 0 saturated heterocycles. The Labute approximate surface area is 153 Å². The fourth-order valence-corrected chi connectivity index (χ4v) is 4.16. The summed E-state index contributed by atoms with van der Waals surface area (Å²) in [5, 5.41) is 2.83. The Kier molecular flexibility index (Phi) is 5.36. The van der Waals surface area contributed by atoms with E-state index in [4.69, 9.17) is 4.74 Å². The summed E-state index contributed by atoms with van der Waals surface area (Å²) in [6.45, 7) is 1.63. The van der Waals surface area contributed by atoms with Crippen LogP contribution in [0.2, 0.25) is 0 Å². The second kappa shape index (κ2) is 7.49. The maximum absolute atomic E-state index is 12.1. The van der Waals surface area contributed by atoms with Gasteiger partial charge in [0.05, 0.1) is 6.04 Å². The van der Waals surface area contributed by atoms with Gasteiger partial charge in [-0.3, -0.25) is 4.79 Å². The molecule has 0 bridgehead atoms. The molecule has 1 atom stereocenters. The first-order chi connectivity index (χ1) is 11.5. The lowest BCUT2D eigenvalue weighted by Gasteiger charge is -2.14. The van der Waals surface area contributed by atoms with Crippen LogP contribution in [0.25, 0.3) is 0 Å². The van der Waals surface area contributed by atoms with Crippen molar-refractivity contribution in [2.45, 2.75) is 32.2 Å². The fraction of sp³-hybridized carbons (Fsp3) is 0.333. The van der Waals surface area contributed by atoms with E-state index >= 15 is 0 Å². The molecule has 0 spiro atoms. The van der Waals surface area contributed by atoms with Crippen molar-refractivity contribution >= 4 is 39.1 Å². The summed E-state index contributed by atoms with van der Waals surface area (Å²) in [6, 6.07) is 9.48. The van der Waals surface area contributed by atoms with Crippen molar-refractivity contribution in [2.24, 2.45) is 0 Å². The number of ether oxygens (including phenoxy) is 1. The maximum Gasteiger partial charge on any atom is 0.348 e. The largest absolute Gasteiger partial charge is 0.451 e. The molecule has 0 saturated carbocycles. The number of esters is 1. The number of carbonyl (C=O) groups excluding carboxylic acids is 2. The zero-order chi connectivity index (χ0) is 17.1. The Morgan fingerprint density at radius 1 is 1.29 bits per heavy atom. The molecule has 1 heterocycles. The number of benzene rings is 1. The Bertz CT molecular complexity index is 733. The van der Waals surface area contributed by atoms with Crippen molar-refractivity contribution in [3.8, 4) is 0 Å². The predicted molar refractivity (Wildman–Crippen MR) is 97.3 cm³/mol. The van der Waals surface area contributed by atoms with Crippen LogP contribution in [0, 0.1) is 0 Å². The lowest BCUT2D eigenvalue weighted by atomic mass is 10.1. The third-order valence-corrected chi connectivity index (χ3v) is 5.78. The van der Waals surface area contributed by atoms with E-state index in [2.05, 4.69) is 21.2 Å². The number of halogens is 1. The number of thiophene rings is 1. The minimum absolute atomic E-state index is 0.144. The van der Waals surface area contributed by atoms with E-state index in [-0.39, 0.29) is 18.6 Å². The van der Waals surface area contributed by atoms with Crippen LogP contribution in [0.5, 0.6) is 0 Å². The molecule has 6 heteroatoms. The van der Waals surface area contributed by atoms with E-state index in [1.165, 1.54) is 21.8 Å². The number of rotatable bonds is 5. The van der Waals surface area contributed by atoms with E-state index in [1.54, 1.807) is 0 Å². The number of hydrogen-bond donors (Lipinski definition) is 1. The van der Waals surface area contributed by atoms with Gasteiger partial charge in [-0.15, -0.1) is 11.3 Å². The third kappa shape index (κ3) is 4.05. The first kappa shape index (κ1) is 17.2. The average molecular weight is 408 g/mol. The SMILES string of the molecule is C[C@@H](NC(=O)COC(=O)c1cc2c(s1)CCC2)c1ccc(Br)cc1. The van der Waals surface area contributed by atoms with Gasteiger partial charge in [0.15, 0.2) is 6.61 Å². The molecule has 1 N–H and O–H groups in total. The molecule has 1 amide bonds. The number of nitrogens with one attached hydrogen (secondary N) is 1. The van der Waals surface area contributed by atoms with Gasteiger partial charge >= 0.3 is 5.97 Å². The highest BCUT2D eigenvalue weighted by Gasteiger charge is 2.20. The zero-order valence-electron chi connectivity index (χ0n) is 13.3. The fourth-order valence-electron chi connectivity index (χ4n) is 2.75. The molecular formula is C18H18BrNO3S. The van der Waals surface area contributed by atoms with Crippen molar-refractivity contribution in [1.29, 1.82) is 0 Å². The molecule has 1 aromatic carbocycles. The second-order valence-corrected chi connectivity index (χ2v) is 7.88. The minimum Gasteiger partial charge on any atom is -0.451 e. The molecule has 3 rings (SSSR count). The molecule has 0 unspecified atom stereocenters. The van der Waals surface area contributed by atoms with Crippen molar-refractivity contribution in [3.05, 3.63) is 55.7 Å². The molecule has 4 nitrogen and oxygen atoms in total. The number of carbonyl (C=O) groups is 2. The molecule has 1 aliphatic carbocycles. The smallest absolute Gasteiger partial charge is 0.348 e. The number of hydrogen-bond acceptors (Lipinski definition) is 4. The first-order valence-corrected chi connectivity index (χ1v) is 9.47. The lowest BCUT2D eigenvalue weighted by Crippen LogP contribution is -2.31. The lowest BCUT2D eigenvalue weighted by molar-refractivity contribution is -0.124. The van der Waals surface area contributed by atoms with Gasteiger partial charge in [0, 0.05) is 9.35 Å². The molecule has 24 heavy (non-hydrogen) atoms. The summed E-state index contributed by atoms with van der Waals surface area (Å²) >= 11 is 4.86. The number of amides is 1. The maximum atomic E-state index is 12.1. The molecule has 126 valence electrons. The van der Waals surface area contributed by atoms with Crippen molar-refractivity contribution in [3.63, 3.8) is 0 Å². The summed E-state index contributed by atoms with van der Waals surface area (Å²) < 4.78 is 6.12. The summed E-state index contributed by atoms with van der Waals surface area (Å²) in [5.74, 6) is -0.719. The van der Waals surface area contributed by atoms with Crippen LogP contribution in [0.1, 0.15) is 45.1 Å². The highest BCUT2D eigenvalue weighted by Crippen LogP contribution is 2.30. The molecule has 2 aromatic rings. The van der Waals surface area contributed by atoms with Gasteiger partial charge in [0.1, 0.15) is 4.88 Å². The van der Waals surface area contributed by atoms with Crippen LogP contribution in [0.15, 0.2) is 34.8 Å². The zero-order valence-corrected chi connectivity index (χ0v) is 15.7. The highest BCUT2D eigenvalue weighted by atomic mass is 79.9. The Morgan fingerprint density at radius 3 is 2.75 bits per heavy atom. The van der Waals surface area contributed by atoms with Crippen LogP contribution >= 0.6 is 27.3 Å². The Morgan fingerprint density at radius 2 is 2.04 bits per heavy atom. The topological polar surface area (TPSA) is 55.4 Å². The summed E-state index contributed by atoms with van der Waals surface area (Å²) in [6.07, 6.45) is 3.23. The predicted octanol–water partition coefficient (Wildman–Crippen LogP) is 4.03. The standard InChI is InChI=1S/C18H18BrNO3S/c1-11(12-5-7-14(19)8-6-12)20-17(21)10-23-18(22)16-9-13-3-2-4-15(13)24-16/h5-9,11H,2-4,10H2,1H3,(H,20,21)/t11-/m1/s1. The van der Waals surface area contributed by atoms with Crippen LogP contribution in [0.3, 0.4) is 0 Å². The highest BCUT2D eigenvalue weighted by molar-refractivity contribution is 9.10. The van der Waals surface area contributed by atoms with E-state index < -0.39 is 5.97 Å². The van der Waals surface area contributed by atoms with Gasteiger partial charge in [-0.1, -0.05) is 28.1 Å². The van der Waals surface area contributed by atoms with E-state index in [9.17, 15) is 9.59 Å². The van der Waals surface area contributed by atoms with Gasteiger partial charge < -0.3 is 10.1 Å². The first-order valence-electron chi connectivity index (χ1n) is 7.86. The van der Waals surface area contributed by atoms with Crippen LogP contribution < -0.4 is 5.32 Å². The van der Waals surface area contributed by atoms with Gasteiger partial charge in [-0.25, -0.2) is 4.79 Å². The van der Waals surface area contributed by atoms with E-state index in [0.717, 1.165) is 29.3 Å². The Balaban J connectivity index is 1.49. The summed E-state index contributed by atoms with van der Waals surface area (Å²) in [4.78, 5) is 25.9.